The van der Waals surface area contributed by atoms with E-state index in [0.717, 1.165) is 5.82 Å². The number of imidazole rings is 1. The molecule has 0 radical (unpaired) electrons. The number of aryl methyl sites for hydroxylation is 1. The predicted molar refractivity (Wildman–Crippen MR) is 87.1 cm³/mol. The SMILES string of the molecule is COC(CN)CC(=O)Nc1ccc(OCc2nccn2C)cc1. The Labute approximate surface area is 135 Å². The van der Waals surface area contributed by atoms with Crippen molar-refractivity contribution in [3.05, 3.63) is 42.5 Å². The molecule has 1 unspecified atom stereocenters. The van der Waals surface area contributed by atoms with Gasteiger partial charge >= 0.3 is 0 Å². The summed E-state index contributed by atoms with van der Waals surface area (Å²) < 4.78 is 12.6. The van der Waals surface area contributed by atoms with Gasteiger partial charge in [0.1, 0.15) is 18.2 Å². The van der Waals surface area contributed by atoms with Crippen molar-refractivity contribution in [2.45, 2.75) is 19.1 Å². The van der Waals surface area contributed by atoms with Crippen LogP contribution in [0.25, 0.3) is 0 Å². The summed E-state index contributed by atoms with van der Waals surface area (Å²) in [6, 6.07) is 7.18. The lowest BCUT2D eigenvalue weighted by Crippen LogP contribution is -2.28. The summed E-state index contributed by atoms with van der Waals surface area (Å²) in [6.45, 7) is 0.700. The van der Waals surface area contributed by atoms with Crippen LogP contribution in [-0.4, -0.2) is 35.2 Å². The maximum atomic E-state index is 11.9. The van der Waals surface area contributed by atoms with Gasteiger partial charge in [-0.25, -0.2) is 4.98 Å². The van der Waals surface area contributed by atoms with E-state index in [-0.39, 0.29) is 18.4 Å². The topological polar surface area (TPSA) is 91.4 Å². The van der Waals surface area contributed by atoms with Crippen LogP contribution in [0.4, 0.5) is 5.69 Å². The maximum absolute atomic E-state index is 11.9. The lowest BCUT2D eigenvalue weighted by molar-refractivity contribution is -0.118. The number of aromatic nitrogens is 2. The van der Waals surface area contributed by atoms with Crippen LogP contribution in [0.5, 0.6) is 5.75 Å². The number of amides is 1. The fourth-order valence-corrected chi connectivity index (χ4v) is 2.00. The largest absolute Gasteiger partial charge is 0.486 e. The van der Waals surface area contributed by atoms with Crippen LogP contribution in [0.2, 0.25) is 0 Å². The number of benzene rings is 1. The number of nitrogens with zero attached hydrogens (tertiary/aromatic N) is 2. The van der Waals surface area contributed by atoms with E-state index >= 15 is 0 Å². The minimum atomic E-state index is -0.268. The van der Waals surface area contributed by atoms with Crippen molar-refractivity contribution in [1.29, 1.82) is 0 Å². The molecule has 0 fully saturated rings. The molecule has 124 valence electrons. The van der Waals surface area contributed by atoms with E-state index in [1.807, 2.05) is 17.8 Å². The normalized spacial score (nSPS) is 12.0. The fraction of sp³-hybridized carbons (Fsp3) is 0.375. The number of ether oxygens (including phenoxy) is 2. The van der Waals surface area contributed by atoms with Crippen molar-refractivity contribution in [3.8, 4) is 5.75 Å². The van der Waals surface area contributed by atoms with Crippen LogP contribution in [0.15, 0.2) is 36.7 Å². The Balaban J connectivity index is 1.84. The molecule has 1 amide bonds. The highest BCUT2D eigenvalue weighted by Crippen LogP contribution is 2.17. The molecule has 0 saturated heterocycles. The summed E-state index contributed by atoms with van der Waals surface area (Å²) in [7, 11) is 3.46. The van der Waals surface area contributed by atoms with Crippen molar-refractivity contribution in [1.82, 2.24) is 9.55 Å². The zero-order valence-corrected chi connectivity index (χ0v) is 13.4. The molecule has 0 aliphatic carbocycles. The molecule has 0 bridgehead atoms. The Morgan fingerprint density at radius 3 is 2.70 bits per heavy atom. The number of anilines is 1. The first kappa shape index (κ1) is 17.0. The van der Waals surface area contributed by atoms with Gasteiger partial charge in [0.05, 0.1) is 12.5 Å². The fourth-order valence-electron chi connectivity index (χ4n) is 2.00. The van der Waals surface area contributed by atoms with Gasteiger partial charge in [-0.15, -0.1) is 0 Å². The second-order valence-electron chi connectivity index (χ2n) is 5.11. The van der Waals surface area contributed by atoms with Gasteiger partial charge in [0.2, 0.25) is 5.91 Å². The molecular formula is C16H22N4O3. The Kier molecular flexibility index (Phi) is 6.13. The average molecular weight is 318 g/mol. The van der Waals surface area contributed by atoms with Gasteiger partial charge in [-0.2, -0.15) is 0 Å². The molecule has 7 nitrogen and oxygen atoms in total. The highest BCUT2D eigenvalue weighted by Gasteiger charge is 2.11. The van der Waals surface area contributed by atoms with E-state index in [1.165, 1.54) is 0 Å². The molecule has 1 aromatic heterocycles. The van der Waals surface area contributed by atoms with E-state index in [9.17, 15) is 4.79 Å². The Hall–Kier alpha value is -2.38. The molecule has 0 aliphatic rings. The predicted octanol–water partition coefficient (Wildman–Crippen LogP) is 1.30. The number of carbonyl (C=O) groups is 1. The Morgan fingerprint density at radius 2 is 2.13 bits per heavy atom. The quantitative estimate of drug-likeness (QED) is 0.765. The van der Waals surface area contributed by atoms with Crippen molar-refractivity contribution in [2.75, 3.05) is 19.0 Å². The third-order valence-electron chi connectivity index (χ3n) is 3.44. The molecule has 23 heavy (non-hydrogen) atoms. The first-order chi connectivity index (χ1) is 11.1. The molecule has 2 rings (SSSR count). The average Bonchev–Trinajstić information content (AvgIpc) is 2.97. The number of nitrogens with two attached hydrogens (primary N) is 1. The second-order valence-corrected chi connectivity index (χ2v) is 5.11. The van der Waals surface area contributed by atoms with E-state index in [0.29, 0.717) is 24.6 Å². The third-order valence-corrected chi connectivity index (χ3v) is 3.44. The standard InChI is InChI=1S/C16H22N4O3/c1-20-8-7-18-15(20)11-23-13-5-3-12(4-6-13)19-16(21)9-14(10-17)22-2/h3-8,14H,9-11,17H2,1-2H3,(H,19,21). The van der Waals surface area contributed by atoms with Crippen LogP contribution in [0, 0.1) is 0 Å². The number of methoxy groups -OCH3 is 1. The van der Waals surface area contributed by atoms with Gasteiger partial charge in [0, 0.05) is 38.8 Å². The third kappa shape index (κ3) is 5.08. The summed E-state index contributed by atoms with van der Waals surface area (Å²) in [5.74, 6) is 1.42. The molecule has 2 aromatic rings. The maximum Gasteiger partial charge on any atom is 0.227 e. The van der Waals surface area contributed by atoms with Gasteiger partial charge < -0.3 is 25.1 Å². The Bertz CT molecular complexity index is 621. The van der Waals surface area contributed by atoms with Gasteiger partial charge in [-0.05, 0) is 24.3 Å². The summed E-state index contributed by atoms with van der Waals surface area (Å²) in [5.41, 5.74) is 6.20. The van der Waals surface area contributed by atoms with Crippen LogP contribution < -0.4 is 15.8 Å². The van der Waals surface area contributed by atoms with Crippen LogP contribution in [0.3, 0.4) is 0 Å². The summed E-state index contributed by atoms with van der Waals surface area (Å²) in [6.07, 6.45) is 3.55. The van der Waals surface area contributed by atoms with Crippen molar-refractivity contribution in [3.63, 3.8) is 0 Å². The summed E-state index contributed by atoms with van der Waals surface area (Å²) in [4.78, 5) is 16.0. The molecule has 3 N–H and O–H groups in total. The molecular weight excluding hydrogens is 296 g/mol. The molecule has 1 heterocycles. The van der Waals surface area contributed by atoms with Gasteiger partial charge in [-0.3, -0.25) is 4.79 Å². The van der Waals surface area contributed by atoms with Gasteiger partial charge in [0.25, 0.3) is 0 Å². The molecule has 0 aliphatic heterocycles. The minimum Gasteiger partial charge on any atom is -0.486 e. The Morgan fingerprint density at radius 1 is 1.39 bits per heavy atom. The summed E-state index contributed by atoms with van der Waals surface area (Å²) in [5, 5.41) is 2.80. The molecule has 1 atom stereocenters. The summed E-state index contributed by atoms with van der Waals surface area (Å²) >= 11 is 0. The molecule has 0 saturated carbocycles. The van der Waals surface area contributed by atoms with E-state index in [2.05, 4.69) is 10.3 Å². The number of carbonyl (C=O) groups excluding carboxylic acids is 1. The highest BCUT2D eigenvalue weighted by molar-refractivity contribution is 5.91. The van der Waals surface area contributed by atoms with E-state index < -0.39 is 0 Å². The van der Waals surface area contributed by atoms with Crippen molar-refractivity contribution < 1.29 is 14.3 Å². The molecule has 1 aromatic carbocycles. The van der Waals surface area contributed by atoms with Crippen molar-refractivity contribution in [2.24, 2.45) is 12.8 Å². The number of nitrogens with one attached hydrogen (secondary N) is 1. The smallest absolute Gasteiger partial charge is 0.227 e. The lowest BCUT2D eigenvalue weighted by Gasteiger charge is -2.13. The number of hydrogen-bond donors (Lipinski definition) is 2. The zero-order chi connectivity index (χ0) is 16.7. The van der Waals surface area contributed by atoms with Gasteiger partial charge in [0.15, 0.2) is 0 Å². The molecule has 0 spiro atoms. The van der Waals surface area contributed by atoms with E-state index in [1.54, 1.807) is 37.6 Å². The van der Waals surface area contributed by atoms with Gasteiger partial charge in [-0.1, -0.05) is 0 Å². The van der Waals surface area contributed by atoms with Crippen LogP contribution in [0.1, 0.15) is 12.2 Å². The van der Waals surface area contributed by atoms with Crippen molar-refractivity contribution >= 4 is 11.6 Å². The first-order valence-corrected chi connectivity index (χ1v) is 7.34. The number of rotatable bonds is 8. The lowest BCUT2D eigenvalue weighted by atomic mass is 10.2. The van der Waals surface area contributed by atoms with E-state index in [4.69, 9.17) is 15.2 Å². The molecule has 7 heteroatoms. The zero-order valence-electron chi connectivity index (χ0n) is 13.4. The number of hydrogen-bond acceptors (Lipinski definition) is 5. The highest BCUT2D eigenvalue weighted by atomic mass is 16.5. The second kappa shape index (κ2) is 8.30. The van der Waals surface area contributed by atoms with Crippen LogP contribution >= 0.6 is 0 Å². The minimum absolute atomic E-state index is 0.135. The first-order valence-electron chi connectivity index (χ1n) is 7.34. The monoisotopic (exact) mass is 318 g/mol. The van der Waals surface area contributed by atoms with Crippen LogP contribution in [-0.2, 0) is 23.2 Å².